The highest BCUT2D eigenvalue weighted by Gasteiger charge is 2.21. The average molecular weight is 317 g/mol. The molecule has 2 rings (SSSR count). The van der Waals surface area contributed by atoms with Gasteiger partial charge < -0.3 is 5.32 Å². The minimum absolute atomic E-state index is 0.585. The summed E-state index contributed by atoms with van der Waals surface area (Å²) in [6.45, 7) is 2.32. The molecule has 0 bridgehead atoms. The highest BCUT2D eigenvalue weighted by Crippen LogP contribution is 2.27. The predicted molar refractivity (Wildman–Crippen MR) is 69.8 cm³/mol. The Bertz CT molecular complexity index is 329. The standard InChI is InChI=1S/C11H16IN3/c1-8-4-2-3-5-10(8)15-11-9(12)6-13-7-14-11/h6-8,10H,2-5H2,1H3,(H,13,14,15). The largest absolute Gasteiger partial charge is 0.366 e. The zero-order chi connectivity index (χ0) is 10.7. The summed E-state index contributed by atoms with van der Waals surface area (Å²) < 4.78 is 1.10. The minimum atomic E-state index is 0.585. The van der Waals surface area contributed by atoms with Gasteiger partial charge >= 0.3 is 0 Å². The van der Waals surface area contributed by atoms with Crippen LogP contribution in [0.2, 0.25) is 0 Å². The molecule has 0 aromatic carbocycles. The van der Waals surface area contributed by atoms with E-state index in [9.17, 15) is 0 Å². The van der Waals surface area contributed by atoms with Crippen LogP contribution in [0.1, 0.15) is 32.6 Å². The van der Waals surface area contributed by atoms with Gasteiger partial charge in [-0.05, 0) is 41.4 Å². The van der Waals surface area contributed by atoms with E-state index in [1.807, 2.05) is 6.20 Å². The lowest BCUT2D eigenvalue weighted by Gasteiger charge is -2.30. The Labute approximate surface area is 104 Å². The van der Waals surface area contributed by atoms with E-state index < -0.39 is 0 Å². The van der Waals surface area contributed by atoms with Gasteiger partial charge in [0.1, 0.15) is 12.1 Å². The SMILES string of the molecule is CC1CCCCC1Nc1ncncc1I. The Morgan fingerprint density at radius 2 is 2.20 bits per heavy atom. The van der Waals surface area contributed by atoms with Crippen molar-refractivity contribution in [2.24, 2.45) is 5.92 Å². The molecule has 1 N–H and O–H groups in total. The first-order valence-corrected chi connectivity index (χ1v) is 6.57. The molecule has 0 aliphatic heterocycles. The van der Waals surface area contributed by atoms with Crippen LogP contribution in [-0.2, 0) is 0 Å². The number of anilines is 1. The molecule has 4 heteroatoms. The average Bonchev–Trinajstić information content (AvgIpc) is 2.24. The highest BCUT2D eigenvalue weighted by atomic mass is 127. The second-order valence-corrected chi connectivity index (χ2v) is 5.39. The molecule has 1 aliphatic carbocycles. The molecule has 1 aliphatic rings. The van der Waals surface area contributed by atoms with Gasteiger partial charge in [-0.25, -0.2) is 9.97 Å². The molecule has 0 spiro atoms. The summed E-state index contributed by atoms with van der Waals surface area (Å²) >= 11 is 2.28. The normalized spacial score (nSPS) is 26.3. The van der Waals surface area contributed by atoms with E-state index in [0.717, 1.165) is 15.3 Å². The molecule has 15 heavy (non-hydrogen) atoms. The molecule has 1 aromatic rings. The Kier molecular flexibility index (Phi) is 3.77. The molecule has 2 unspecified atom stereocenters. The van der Waals surface area contributed by atoms with E-state index in [4.69, 9.17) is 0 Å². The van der Waals surface area contributed by atoms with Crippen LogP contribution in [0, 0.1) is 9.49 Å². The zero-order valence-electron chi connectivity index (χ0n) is 8.91. The molecule has 1 heterocycles. The van der Waals surface area contributed by atoms with Crippen molar-refractivity contribution in [1.29, 1.82) is 0 Å². The van der Waals surface area contributed by atoms with Gasteiger partial charge in [-0.1, -0.05) is 19.8 Å². The van der Waals surface area contributed by atoms with Crippen LogP contribution >= 0.6 is 22.6 Å². The van der Waals surface area contributed by atoms with Crippen molar-refractivity contribution in [2.75, 3.05) is 5.32 Å². The number of rotatable bonds is 2. The van der Waals surface area contributed by atoms with Gasteiger partial charge in [0.2, 0.25) is 0 Å². The van der Waals surface area contributed by atoms with E-state index >= 15 is 0 Å². The van der Waals surface area contributed by atoms with Crippen molar-refractivity contribution in [3.63, 3.8) is 0 Å². The summed E-state index contributed by atoms with van der Waals surface area (Å²) in [7, 11) is 0. The van der Waals surface area contributed by atoms with Gasteiger partial charge in [-0.15, -0.1) is 0 Å². The summed E-state index contributed by atoms with van der Waals surface area (Å²) in [5.74, 6) is 1.74. The number of nitrogens with one attached hydrogen (secondary N) is 1. The van der Waals surface area contributed by atoms with Crippen LogP contribution in [0.3, 0.4) is 0 Å². The number of aromatic nitrogens is 2. The number of hydrogen-bond donors (Lipinski definition) is 1. The molecule has 3 nitrogen and oxygen atoms in total. The number of nitrogens with zero attached hydrogens (tertiary/aromatic N) is 2. The second kappa shape index (κ2) is 5.09. The van der Waals surface area contributed by atoms with Gasteiger partial charge in [-0.2, -0.15) is 0 Å². The second-order valence-electron chi connectivity index (χ2n) is 4.23. The molecule has 0 saturated heterocycles. The summed E-state index contributed by atoms with van der Waals surface area (Å²) in [5.41, 5.74) is 0. The molecule has 1 fully saturated rings. The van der Waals surface area contributed by atoms with Crippen LogP contribution in [0.15, 0.2) is 12.5 Å². The highest BCUT2D eigenvalue weighted by molar-refractivity contribution is 14.1. The Morgan fingerprint density at radius 3 is 2.93 bits per heavy atom. The summed E-state index contributed by atoms with van der Waals surface area (Å²) in [6, 6.07) is 0.585. The molecular weight excluding hydrogens is 301 g/mol. The summed E-state index contributed by atoms with van der Waals surface area (Å²) in [4.78, 5) is 8.28. The van der Waals surface area contributed by atoms with Gasteiger partial charge in [-0.3, -0.25) is 0 Å². The van der Waals surface area contributed by atoms with Gasteiger partial charge in [0.25, 0.3) is 0 Å². The fraction of sp³-hybridized carbons (Fsp3) is 0.636. The fourth-order valence-corrected chi connectivity index (χ4v) is 2.58. The lowest BCUT2D eigenvalue weighted by Crippen LogP contribution is -2.31. The quantitative estimate of drug-likeness (QED) is 0.852. The van der Waals surface area contributed by atoms with Crippen LogP contribution in [-0.4, -0.2) is 16.0 Å². The van der Waals surface area contributed by atoms with Gasteiger partial charge in [0, 0.05) is 12.2 Å². The van der Waals surface area contributed by atoms with E-state index in [2.05, 4.69) is 44.8 Å². The van der Waals surface area contributed by atoms with Crippen molar-refractivity contribution in [3.05, 3.63) is 16.1 Å². The van der Waals surface area contributed by atoms with Crippen LogP contribution in [0.4, 0.5) is 5.82 Å². The van der Waals surface area contributed by atoms with Crippen molar-refractivity contribution in [2.45, 2.75) is 38.6 Å². The molecule has 1 aromatic heterocycles. The maximum Gasteiger partial charge on any atom is 0.143 e. The monoisotopic (exact) mass is 317 g/mol. The molecule has 82 valence electrons. The molecule has 0 radical (unpaired) electrons. The number of hydrogen-bond acceptors (Lipinski definition) is 3. The van der Waals surface area contributed by atoms with Crippen molar-refractivity contribution >= 4 is 28.4 Å². The maximum atomic E-state index is 4.28. The third kappa shape index (κ3) is 2.80. The predicted octanol–water partition coefficient (Wildman–Crippen LogP) is 3.07. The first-order valence-electron chi connectivity index (χ1n) is 5.49. The zero-order valence-corrected chi connectivity index (χ0v) is 11.1. The van der Waals surface area contributed by atoms with E-state index in [0.29, 0.717) is 6.04 Å². The van der Waals surface area contributed by atoms with E-state index in [1.165, 1.54) is 25.7 Å². The molecule has 2 atom stereocenters. The van der Waals surface area contributed by atoms with Crippen molar-refractivity contribution in [1.82, 2.24) is 9.97 Å². The van der Waals surface area contributed by atoms with Gasteiger partial charge in [0.15, 0.2) is 0 Å². The third-order valence-electron chi connectivity index (χ3n) is 3.10. The molecule has 1 saturated carbocycles. The minimum Gasteiger partial charge on any atom is -0.366 e. The first kappa shape index (κ1) is 11.1. The lowest BCUT2D eigenvalue weighted by atomic mass is 9.86. The van der Waals surface area contributed by atoms with E-state index in [-0.39, 0.29) is 0 Å². The third-order valence-corrected chi connectivity index (χ3v) is 3.89. The summed E-state index contributed by atoms with van der Waals surface area (Å²) in [6.07, 6.45) is 8.77. The molecular formula is C11H16IN3. The van der Waals surface area contributed by atoms with Crippen LogP contribution < -0.4 is 5.32 Å². The summed E-state index contributed by atoms with van der Waals surface area (Å²) in [5, 5.41) is 3.54. The van der Waals surface area contributed by atoms with Crippen molar-refractivity contribution < 1.29 is 0 Å². The Balaban J connectivity index is 2.04. The van der Waals surface area contributed by atoms with Crippen LogP contribution in [0.25, 0.3) is 0 Å². The maximum absolute atomic E-state index is 4.28. The Morgan fingerprint density at radius 1 is 1.40 bits per heavy atom. The van der Waals surface area contributed by atoms with E-state index in [1.54, 1.807) is 6.33 Å². The lowest BCUT2D eigenvalue weighted by molar-refractivity contribution is 0.349. The smallest absolute Gasteiger partial charge is 0.143 e. The van der Waals surface area contributed by atoms with Gasteiger partial charge in [0.05, 0.1) is 3.57 Å². The fourth-order valence-electron chi connectivity index (χ4n) is 2.13. The van der Waals surface area contributed by atoms with Crippen molar-refractivity contribution in [3.8, 4) is 0 Å². The number of halogens is 1. The topological polar surface area (TPSA) is 37.8 Å². The van der Waals surface area contributed by atoms with Crippen LogP contribution in [0.5, 0.6) is 0 Å². The Hall–Kier alpha value is -0.390. The molecule has 0 amide bonds. The first-order chi connectivity index (χ1) is 7.27.